The molecule has 7 nitrogen and oxygen atoms in total. The van der Waals surface area contributed by atoms with Crippen molar-refractivity contribution in [1.29, 1.82) is 0 Å². The summed E-state index contributed by atoms with van der Waals surface area (Å²) in [5.41, 5.74) is 1.65. The Morgan fingerprint density at radius 1 is 0.974 bits per heavy atom. The van der Waals surface area contributed by atoms with Crippen LogP contribution in [-0.4, -0.2) is 43.8 Å². The Labute approximate surface area is 228 Å². The molecule has 0 heterocycles. The molecule has 202 valence electrons. The molecule has 0 saturated carbocycles. The number of halogens is 2. The summed E-state index contributed by atoms with van der Waals surface area (Å²) in [6.45, 7) is 6.43. The molecule has 0 aliphatic carbocycles. The van der Waals surface area contributed by atoms with Crippen molar-refractivity contribution in [2.24, 2.45) is 0 Å². The van der Waals surface area contributed by atoms with Gasteiger partial charge in [0.25, 0.3) is 10.0 Å². The monoisotopic (exact) mass is 559 g/mol. The summed E-state index contributed by atoms with van der Waals surface area (Å²) in [5, 5.41) is 3.26. The van der Waals surface area contributed by atoms with Gasteiger partial charge in [-0.05, 0) is 81.8 Å². The molecule has 0 aliphatic heterocycles. The fourth-order valence-corrected chi connectivity index (χ4v) is 5.42. The molecule has 2 amide bonds. The molecule has 0 spiro atoms. The molecule has 0 radical (unpaired) electrons. The van der Waals surface area contributed by atoms with Gasteiger partial charge in [-0.3, -0.25) is 13.9 Å². The second kappa shape index (κ2) is 12.4. The smallest absolute Gasteiger partial charge is 0.264 e. The first kappa shape index (κ1) is 29.1. The number of sulfonamides is 1. The highest BCUT2D eigenvalue weighted by Crippen LogP contribution is 2.25. The van der Waals surface area contributed by atoms with Gasteiger partial charge in [0.15, 0.2) is 0 Å². The van der Waals surface area contributed by atoms with Gasteiger partial charge >= 0.3 is 0 Å². The van der Waals surface area contributed by atoms with Crippen molar-refractivity contribution in [3.05, 3.63) is 94.8 Å². The Hall–Kier alpha value is -3.43. The lowest BCUT2D eigenvalue weighted by Gasteiger charge is -2.32. The molecule has 0 bridgehead atoms. The molecule has 0 aromatic heterocycles. The Bertz CT molecular complexity index is 1380. The number of amides is 2. The summed E-state index contributed by atoms with van der Waals surface area (Å²) in [4.78, 5) is 28.0. The number of carbonyl (C=O) groups excluding carboxylic acids is 2. The van der Waals surface area contributed by atoms with Crippen molar-refractivity contribution < 1.29 is 22.4 Å². The van der Waals surface area contributed by atoms with Crippen molar-refractivity contribution in [1.82, 2.24) is 10.2 Å². The first-order valence-electron chi connectivity index (χ1n) is 12.1. The maximum absolute atomic E-state index is 13.8. The van der Waals surface area contributed by atoms with E-state index < -0.39 is 34.3 Å². The van der Waals surface area contributed by atoms with E-state index in [9.17, 15) is 22.4 Å². The van der Waals surface area contributed by atoms with Gasteiger partial charge in [-0.15, -0.1) is 0 Å². The number of anilines is 1. The molecule has 0 unspecified atom stereocenters. The van der Waals surface area contributed by atoms with Crippen LogP contribution in [0.3, 0.4) is 0 Å². The fraction of sp³-hybridized carbons (Fsp3) is 0.286. The van der Waals surface area contributed by atoms with Crippen LogP contribution in [0.2, 0.25) is 5.02 Å². The van der Waals surface area contributed by atoms with Crippen molar-refractivity contribution in [3.63, 3.8) is 0 Å². The number of carbonyl (C=O) groups is 2. The van der Waals surface area contributed by atoms with Gasteiger partial charge in [-0.25, -0.2) is 12.8 Å². The van der Waals surface area contributed by atoms with E-state index in [-0.39, 0.29) is 29.1 Å². The molecular weight excluding hydrogens is 529 g/mol. The quantitative estimate of drug-likeness (QED) is 0.382. The Kier molecular flexibility index (Phi) is 9.51. The normalized spacial score (nSPS) is 12.2. The van der Waals surface area contributed by atoms with E-state index in [0.29, 0.717) is 10.6 Å². The number of aryl methyl sites for hydroxylation is 1. The molecule has 0 fully saturated rings. The number of rotatable bonds is 10. The van der Waals surface area contributed by atoms with Crippen LogP contribution >= 0.6 is 11.6 Å². The number of benzene rings is 3. The van der Waals surface area contributed by atoms with E-state index in [1.807, 2.05) is 6.92 Å². The molecule has 1 atom stereocenters. The van der Waals surface area contributed by atoms with Crippen LogP contribution in [0.1, 0.15) is 31.9 Å². The van der Waals surface area contributed by atoms with E-state index in [0.717, 1.165) is 22.0 Å². The van der Waals surface area contributed by atoms with Crippen molar-refractivity contribution in [2.45, 2.75) is 51.2 Å². The van der Waals surface area contributed by atoms with Crippen LogP contribution in [0.25, 0.3) is 0 Å². The minimum atomic E-state index is -4.22. The zero-order valence-corrected chi connectivity index (χ0v) is 23.3. The lowest BCUT2D eigenvalue weighted by Crippen LogP contribution is -2.52. The minimum Gasteiger partial charge on any atom is -0.352 e. The summed E-state index contributed by atoms with van der Waals surface area (Å²) in [6, 6.07) is 16.8. The van der Waals surface area contributed by atoms with Gasteiger partial charge in [-0.1, -0.05) is 41.4 Å². The van der Waals surface area contributed by atoms with Crippen molar-refractivity contribution in [2.75, 3.05) is 10.8 Å². The molecule has 0 saturated heterocycles. The summed E-state index contributed by atoms with van der Waals surface area (Å²) in [5.74, 6) is -1.55. The van der Waals surface area contributed by atoms with Gasteiger partial charge < -0.3 is 10.2 Å². The molecule has 38 heavy (non-hydrogen) atoms. The average molecular weight is 560 g/mol. The largest absolute Gasteiger partial charge is 0.352 e. The Morgan fingerprint density at radius 2 is 1.61 bits per heavy atom. The summed E-state index contributed by atoms with van der Waals surface area (Å²) in [6.07, 6.45) is 0. The van der Waals surface area contributed by atoms with E-state index in [1.165, 1.54) is 29.2 Å². The number of nitrogens with one attached hydrogen (secondary N) is 1. The minimum absolute atomic E-state index is 0.0211. The van der Waals surface area contributed by atoms with E-state index in [4.69, 9.17) is 11.6 Å². The average Bonchev–Trinajstić information content (AvgIpc) is 2.86. The molecule has 3 rings (SSSR count). The van der Waals surface area contributed by atoms with Gasteiger partial charge in [0.2, 0.25) is 11.8 Å². The maximum atomic E-state index is 13.8. The predicted octanol–water partition coefficient (Wildman–Crippen LogP) is 4.92. The molecule has 0 aliphatic rings. The third-order valence-corrected chi connectivity index (χ3v) is 7.87. The first-order valence-corrected chi connectivity index (χ1v) is 13.9. The second-order valence-corrected chi connectivity index (χ2v) is 11.6. The molecule has 1 N–H and O–H groups in total. The topological polar surface area (TPSA) is 86.8 Å². The maximum Gasteiger partial charge on any atom is 0.264 e. The van der Waals surface area contributed by atoms with Crippen molar-refractivity contribution >= 4 is 39.1 Å². The third-order valence-electron chi connectivity index (χ3n) is 5.84. The second-order valence-electron chi connectivity index (χ2n) is 9.29. The molecule has 10 heteroatoms. The molecule has 3 aromatic carbocycles. The first-order chi connectivity index (χ1) is 17.9. The van der Waals surface area contributed by atoms with Gasteiger partial charge in [0.1, 0.15) is 18.4 Å². The van der Waals surface area contributed by atoms with Crippen LogP contribution in [0, 0.1) is 12.7 Å². The van der Waals surface area contributed by atoms with Gasteiger partial charge in [0.05, 0.1) is 10.6 Å². The molecular formula is C28H31ClFN3O4S. The van der Waals surface area contributed by atoms with Gasteiger partial charge in [0, 0.05) is 17.6 Å². The number of hydrogen-bond acceptors (Lipinski definition) is 4. The van der Waals surface area contributed by atoms with Gasteiger partial charge in [-0.2, -0.15) is 0 Å². The SMILES string of the molecule is Cc1ccc(S(=O)(=O)N(CC(=O)N(Cc2cccc(Cl)c2)[C@H](C)C(=O)NC(C)C)c2ccc(F)cc2)cc1. The standard InChI is InChI=1S/C28H31ClFN3O4S/c1-19(2)31-28(35)21(4)32(17-22-6-5-7-23(29)16-22)27(34)18-33(25-12-10-24(30)11-13-25)38(36,37)26-14-8-20(3)9-15-26/h5-16,19,21H,17-18H2,1-4H3,(H,31,35)/t21-/m1/s1. The zero-order valence-electron chi connectivity index (χ0n) is 21.7. The van der Waals surface area contributed by atoms with Crippen molar-refractivity contribution in [3.8, 4) is 0 Å². The lowest BCUT2D eigenvalue weighted by atomic mass is 10.1. The van der Waals surface area contributed by atoms with Crippen LogP contribution < -0.4 is 9.62 Å². The van der Waals surface area contributed by atoms with Crippen LogP contribution in [-0.2, 0) is 26.2 Å². The molecule has 3 aromatic rings. The van der Waals surface area contributed by atoms with Crippen LogP contribution in [0.4, 0.5) is 10.1 Å². The highest BCUT2D eigenvalue weighted by molar-refractivity contribution is 7.92. The fourth-order valence-electron chi connectivity index (χ4n) is 3.79. The zero-order chi connectivity index (χ0) is 28.0. The summed E-state index contributed by atoms with van der Waals surface area (Å²) >= 11 is 6.13. The van der Waals surface area contributed by atoms with Crippen LogP contribution in [0.5, 0.6) is 0 Å². The number of nitrogens with zero attached hydrogens (tertiary/aromatic N) is 2. The summed E-state index contributed by atoms with van der Waals surface area (Å²) in [7, 11) is -4.22. The Morgan fingerprint density at radius 3 is 2.18 bits per heavy atom. The Balaban J connectivity index is 2.02. The number of hydrogen-bond donors (Lipinski definition) is 1. The highest BCUT2D eigenvalue weighted by Gasteiger charge is 2.32. The lowest BCUT2D eigenvalue weighted by molar-refractivity contribution is -0.139. The third kappa shape index (κ3) is 7.33. The van der Waals surface area contributed by atoms with E-state index in [1.54, 1.807) is 57.2 Å². The highest BCUT2D eigenvalue weighted by atomic mass is 35.5. The van der Waals surface area contributed by atoms with Crippen LogP contribution in [0.15, 0.2) is 77.7 Å². The van der Waals surface area contributed by atoms with E-state index >= 15 is 0 Å². The van der Waals surface area contributed by atoms with E-state index in [2.05, 4.69) is 5.32 Å². The summed E-state index contributed by atoms with van der Waals surface area (Å²) < 4.78 is 42.0. The predicted molar refractivity (Wildman–Crippen MR) is 147 cm³/mol.